The highest BCUT2D eigenvalue weighted by molar-refractivity contribution is 14.1. The highest BCUT2D eigenvalue weighted by Crippen LogP contribution is 2.27. The van der Waals surface area contributed by atoms with Crippen LogP contribution in [0.2, 0.25) is 0 Å². The van der Waals surface area contributed by atoms with Crippen molar-refractivity contribution in [2.24, 2.45) is 0 Å². The first kappa shape index (κ1) is 13.8. The summed E-state index contributed by atoms with van der Waals surface area (Å²) in [5.41, 5.74) is 1.99. The van der Waals surface area contributed by atoms with Gasteiger partial charge in [0.15, 0.2) is 0 Å². The SMILES string of the molecule is Cc1ccc(S(=O)(=O)/C=C(/I)c2ccsc2)cc1. The number of aryl methyl sites for hydroxylation is 1. The molecule has 2 aromatic rings. The molecule has 1 aromatic heterocycles. The average Bonchev–Trinajstić information content (AvgIpc) is 2.82. The molecule has 0 atom stereocenters. The van der Waals surface area contributed by atoms with Crippen LogP contribution in [0.4, 0.5) is 0 Å². The lowest BCUT2D eigenvalue weighted by molar-refractivity contribution is 0.605. The second-order valence-electron chi connectivity index (χ2n) is 3.84. The molecular formula is C13H11IO2S2. The van der Waals surface area contributed by atoms with E-state index in [4.69, 9.17) is 0 Å². The lowest BCUT2D eigenvalue weighted by Gasteiger charge is -2.01. The summed E-state index contributed by atoms with van der Waals surface area (Å²) >= 11 is 3.60. The van der Waals surface area contributed by atoms with Gasteiger partial charge >= 0.3 is 0 Å². The first-order chi connectivity index (χ1) is 8.49. The van der Waals surface area contributed by atoms with Gasteiger partial charge in [-0.05, 0) is 64.0 Å². The molecule has 0 saturated heterocycles. The third-order valence-corrected chi connectivity index (χ3v) is 5.92. The summed E-state index contributed by atoms with van der Waals surface area (Å²) in [4.78, 5) is 0.331. The van der Waals surface area contributed by atoms with Crippen molar-refractivity contribution >= 4 is 47.3 Å². The number of benzene rings is 1. The second kappa shape index (κ2) is 5.54. The Bertz CT molecular complexity index is 654. The molecule has 0 aliphatic carbocycles. The Morgan fingerprint density at radius 3 is 2.44 bits per heavy atom. The van der Waals surface area contributed by atoms with Crippen LogP contribution in [0.1, 0.15) is 11.1 Å². The van der Waals surface area contributed by atoms with Gasteiger partial charge in [0.1, 0.15) is 0 Å². The molecule has 18 heavy (non-hydrogen) atoms. The van der Waals surface area contributed by atoms with Gasteiger partial charge in [-0.15, -0.1) is 0 Å². The standard InChI is InChI=1S/C13H11IO2S2/c1-10-2-4-12(5-3-10)18(15,16)9-13(14)11-6-7-17-8-11/h2-9H,1H3/b13-9+. The van der Waals surface area contributed by atoms with Crippen molar-refractivity contribution in [1.29, 1.82) is 0 Å². The summed E-state index contributed by atoms with van der Waals surface area (Å²) in [5.74, 6) is 0. The molecule has 2 nitrogen and oxygen atoms in total. The minimum atomic E-state index is -3.37. The van der Waals surface area contributed by atoms with Gasteiger partial charge in [-0.1, -0.05) is 17.7 Å². The van der Waals surface area contributed by atoms with E-state index in [0.29, 0.717) is 4.90 Å². The van der Waals surface area contributed by atoms with Crippen LogP contribution in [0.15, 0.2) is 51.4 Å². The fourth-order valence-electron chi connectivity index (χ4n) is 1.40. The van der Waals surface area contributed by atoms with E-state index in [1.807, 2.05) is 23.8 Å². The number of hydrogen-bond acceptors (Lipinski definition) is 3. The minimum absolute atomic E-state index is 0.331. The number of thiophene rings is 1. The van der Waals surface area contributed by atoms with Crippen LogP contribution in [-0.4, -0.2) is 8.42 Å². The van der Waals surface area contributed by atoms with E-state index in [2.05, 4.69) is 22.6 Å². The molecule has 2 rings (SSSR count). The quantitative estimate of drug-likeness (QED) is 0.734. The first-order valence-electron chi connectivity index (χ1n) is 5.20. The molecule has 0 radical (unpaired) electrons. The van der Waals surface area contributed by atoms with E-state index in [-0.39, 0.29) is 0 Å². The molecule has 0 saturated carbocycles. The van der Waals surface area contributed by atoms with Gasteiger partial charge in [0.05, 0.1) is 4.90 Å². The van der Waals surface area contributed by atoms with Gasteiger partial charge in [0.25, 0.3) is 0 Å². The first-order valence-corrected chi connectivity index (χ1v) is 8.77. The molecule has 0 aliphatic rings. The second-order valence-corrected chi connectivity index (χ2v) is 7.58. The summed E-state index contributed by atoms with van der Waals surface area (Å²) in [6, 6.07) is 8.79. The topological polar surface area (TPSA) is 34.1 Å². The minimum Gasteiger partial charge on any atom is -0.219 e. The molecule has 0 N–H and O–H groups in total. The van der Waals surface area contributed by atoms with E-state index in [9.17, 15) is 8.42 Å². The van der Waals surface area contributed by atoms with Crippen molar-refractivity contribution in [3.8, 4) is 0 Å². The van der Waals surface area contributed by atoms with E-state index in [1.54, 1.807) is 35.6 Å². The van der Waals surface area contributed by atoms with Crippen LogP contribution in [-0.2, 0) is 9.84 Å². The molecule has 0 fully saturated rings. The van der Waals surface area contributed by atoms with Gasteiger partial charge < -0.3 is 0 Å². The molecule has 0 amide bonds. The Balaban J connectivity index is 2.38. The normalized spacial score (nSPS) is 12.7. The summed E-state index contributed by atoms with van der Waals surface area (Å²) in [7, 11) is -3.37. The highest BCUT2D eigenvalue weighted by atomic mass is 127. The zero-order valence-electron chi connectivity index (χ0n) is 9.63. The molecule has 5 heteroatoms. The zero-order chi connectivity index (χ0) is 13.2. The number of rotatable bonds is 3. The fourth-order valence-corrected chi connectivity index (χ4v) is 4.67. The Hall–Kier alpha value is -0.660. The predicted octanol–water partition coefficient (Wildman–Crippen LogP) is 4.26. The molecule has 0 spiro atoms. The molecular weight excluding hydrogens is 379 g/mol. The van der Waals surface area contributed by atoms with E-state index in [1.165, 1.54) is 5.41 Å². The summed E-state index contributed by atoms with van der Waals surface area (Å²) in [5, 5.41) is 5.18. The van der Waals surface area contributed by atoms with Crippen molar-refractivity contribution in [2.75, 3.05) is 0 Å². The third-order valence-electron chi connectivity index (χ3n) is 2.41. The maximum atomic E-state index is 12.2. The lowest BCUT2D eigenvalue weighted by atomic mass is 10.2. The molecule has 1 heterocycles. The predicted molar refractivity (Wildman–Crippen MR) is 84.7 cm³/mol. The number of halogens is 1. The lowest BCUT2D eigenvalue weighted by Crippen LogP contribution is -1.96. The van der Waals surface area contributed by atoms with Crippen molar-refractivity contribution in [2.45, 2.75) is 11.8 Å². The van der Waals surface area contributed by atoms with Gasteiger partial charge in [0.2, 0.25) is 9.84 Å². The number of sulfone groups is 1. The average molecular weight is 390 g/mol. The Labute approximate surface area is 124 Å². The van der Waals surface area contributed by atoms with Crippen LogP contribution in [0, 0.1) is 6.92 Å². The van der Waals surface area contributed by atoms with E-state index in [0.717, 1.165) is 14.7 Å². The highest BCUT2D eigenvalue weighted by Gasteiger charge is 2.12. The van der Waals surface area contributed by atoms with Gasteiger partial charge in [-0.2, -0.15) is 11.3 Å². The van der Waals surface area contributed by atoms with Crippen LogP contribution >= 0.6 is 33.9 Å². The third kappa shape index (κ3) is 3.21. The monoisotopic (exact) mass is 390 g/mol. The van der Waals surface area contributed by atoms with Crippen LogP contribution in [0.25, 0.3) is 3.58 Å². The van der Waals surface area contributed by atoms with Gasteiger partial charge in [-0.25, -0.2) is 8.42 Å². The van der Waals surface area contributed by atoms with Crippen LogP contribution in [0.3, 0.4) is 0 Å². The molecule has 0 aliphatic heterocycles. The zero-order valence-corrected chi connectivity index (χ0v) is 13.4. The maximum Gasteiger partial charge on any atom is 0.200 e. The summed E-state index contributed by atoms with van der Waals surface area (Å²) < 4.78 is 25.1. The van der Waals surface area contributed by atoms with Gasteiger partial charge in [0, 0.05) is 8.99 Å². The largest absolute Gasteiger partial charge is 0.219 e. The van der Waals surface area contributed by atoms with Crippen molar-refractivity contribution in [1.82, 2.24) is 0 Å². The van der Waals surface area contributed by atoms with Crippen LogP contribution in [0.5, 0.6) is 0 Å². The van der Waals surface area contributed by atoms with Crippen molar-refractivity contribution in [3.05, 3.63) is 57.6 Å². The van der Waals surface area contributed by atoms with E-state index >= 15 is 0 Å². The Morgan fingerprint density at radius 2 is 1.89 bits per heavy atom. The van der Waals surface area contributed by atoms with Crippen molar-refractivity contribution in [3.63, 3.8) is 0 Å². The fraction of sp³-hybridized carbons (Fsp3) is 0.0769. The number of hydrogen-bond donors (Lipinski definition) is 0. The molecule has 94 valence electrons. The molecule has 0 bridgehead atoms. The Morgan fingerprint density at radius 1 is 1.22 bits per heavy atom. The summed E-state index contributed by atoms with van der Waals surface area (Å²) in [6.07, 6.45) is 0. The Kier molecular flexibility index (Phi) is 4.24. The smallest absolute Gasteiger partial charge is 0.200 e. The van der Waals surface area contributed by atoms with Crippen molar-refractivity contribution < 1.29 is 8.42 Å². The maximum absolute atomic E-state index is 12.2. The van der Waals surface area contributed by atoms with Gasteiger partial charge in [-0.3, -0.25) is 0 Å². The van der Waals surface area contributed by atoms with E-state index < -0.39 is 9.84 Å². The molecule has 0 unspecified atom stereocenters. The molecule has 1 aromatic carbocycles. The summed E-state index contributed by atoms with van der Waals surface area (Å²) in [6.45, 7) is 1.93. The van der Waals surface area contributed by atoms with Crippen LogP contribution < -0.4 is 0 Å².